The zero-order valence-corrected chi connectivity index (χ0v) is 14.1. The van der Waals surface area contributed by atoms with Crippen molar-refractivity contribution in [1.29, 1.82) is 0 Å². The molecule has 1 aromatic rings. The van der Waals surface area contributed by atoms with Crippen molar-refractivity contribution in [1.82, 2.24) is 4.90 Å². The molecule has 0 radical (unpaired) electrons. The van der Waals surface area contributed by atoms with Gasteiger partial charge in [-0.2, -0.15) is 0 Å². The summed E-state index contributed by atoms with van der Waals surface area (Å²) in [6.45, 7) is -0.154. The van der Waals surface area contributed by atoms with E-state index in [-0.39, 0.29) is 25.5 Å². The van der Waals surface area contributed by atoms with Crippen LogP contribution in [0.4, 0.5) is 0 Å². The molecule has 9 heteroatoms. The number of hydrogen-bond donors (Lipinski definition) is 2. The largest absolute Gasteiger partial charge is 0.484 e. The number of nitrogens with zero attached hydrogens (tertiary/aromatic N) is 1. The molecule has 126 valence electrons. The molecule has 1 fully saturated rings. The standard InChI is InChI=1S/C15H14N2O5S2/c16-12(18)8-22-10-3-1-9(2-4-10)7-11-14(21)17(15(23)24-11)6-5-13(19)20/h1-4,7H,5-6,8H2,(H2,16,18)(H,19,20)/b11-7+. The fourth-order valence-electron chi connectivity index (χ4n) is 1.87. The number of thioether (sulfide) groups is 1. The molecule has 24 heavy (non-hydrogen) atoms. The summed E-state index contributed by atoms with van der Waals surface area (Å²) in [6, 6.07) is 6.75. The Kier molecular flexibility index (Phi) is 5.93. The highest BCUT2D eigenvalue weighted by Gasteiger charge is 2.31. The summed E-state index contributed by atoms with van der Waals surface area (Å²) < 4.78 is 5.49. The first kappa shape index (κ1) is 18.0. The van der Waals surface area contributed by atoms with E-state index in [2.05, 4.69) is 0 Å². The average Bonchev–Trinajstić information content (AvgIpc) is 2.78. The molecule has 2 amide bonds. The van der Waals surface area contributed by atoms with Gasteiger partial charge in [0.05, 0.1) is 11.3 Å². The van der Waals surface area contributed by atoms with Gasteiger partial charge < -0.3 is 15.6 Å². The number of carboxylic acid groups (broad SMARTS) is 1. The number of nitrogens with two attached hydrogens (primary N) is 1. The maximum atomic E-state index is 12.3. The third-order valence-corrected chi connectivity index (χ3v) is 4.36. The van der Waals surface area contributed by atoms with Crippen molar-refractivity contribution in [2.45, 2.75) is 6.42 Å². The molecule has 0 unspecified atom stereocenters. The van der Waals surface area contributed by atoms with Crippen LogP contribution in [0.5, 0.6) is 5.75 Å². The van der Waals surface area contributed by atoms with Crippen molar-refractivity contribution >= 4 is 52.2 Å². The number of carbonyl (C=O) groups excluding carboxylic acids is 2. The molecule has 0 atom stereocenters. The molecule has 0 spiro atoms. The number of ether oxygens (including phenoxy) is 1. The smallest absolute Gasteiger partial charge is 0.305 e. The van der Waals surface area contributed by atoms with E-state index in [1.165, 1.54) is 4.90 Å². The summed E-state index contributed by atoms with van der Waals surface area (Å²) in [7, 11) is 0. The minimum absolute atomic E-state index is 0.0528. The van der Waals surface area contributed by atoms with Crippen LogP contribution in [0.3, 0.4) is 0 Å². The van der Waals surface area contributed by atoms with Crippen LogP contribution >= 0.6 is 24.0 Å². The highest BCUT2D eigenvalue weighted by Crippen LogP contribution is 2.32. The lowest BCUT2D eigenvalue weighted by atomic mass is 10.2. The van der Waals surface area contributed by atoms with Crippen LogP contribution in [0.1, 0.15) is 12.0 Å². The second-order valence-corrected chi connectivity index (χ2v) is 6.48. The Balaban J connectivity index is 2.05. The summed E-state index contributed by atoms with van der Waals surface area (Å²) in [4.78, 5) is 35.2. The lowest BCUT2D eigenvalue weighted by molar-refractivity contribution is -0.137. The number of carboxylic acids is 1. The van der Waals surface area contributed by atoms with E-state index in [4.69, 9.17) is 27.8 Å². The number of primary amides is 1. The Hall–Kier alpha value is -2.39. The van der Waals surface area contributed by atoms with Crippen LogP contribution in [0.15, 0.2) is 29.2 Å². The normalized spacial score (nSPS) is 15.8. The van der Waals surface area contributed by atoms with Crippen LogP contribution in [0, 0.1) is 0 Å². The third-order valence-electron chi connectivity index (χ3n) is 2.98. The first-order chi connectivity index (χ1) is 11.4. The van der Waals surface area contributed by atoms with Crippen molar-refractivity contribution in [2.75, 3.05) is 13.2 Å². The highest BCUT2D eigenvalue weighted by atomic mass is 32.2. The molecular formula is C15H14N2O5S2. The summed E-state index contributed by atoms with van der Waals surface area (Å²) in [6.07, 6.45) is 1.50. The van der Waals surface area contributed by atoms with E-state index < -0.39 is 11.9 Å². The van der Waals surface area contributed by atoms with Gasteiger partial charge in [0.25, 0.3) is 11.8 Å². The quantitative estimate of drug-likeness (QED) is 0.551. The third kappa shape index (κ3) is 4.80. The molecule has 0 aliphatic carbocycles. The lowest BCUT2D eigenvalue weighted by Crippen LogP contribution is -2.30. The maximum Gasteiger partial charge on any atom is 0.305 e. The first-order valence-corrected chi connectivity index (χ1v) is 8.07. The second-order valence-electron chi connectivity index (χ2n) is 4.80. The van der Waals surface area contributed by atoms with Gasteiger partial charge in [0.2, 0.25) is 0 Å². The molecule has 1 aliphatic rings. The monoisotopic (exact) mass is 366 g/mol. The fourth-order valence-corrected chi connectivity index (χ4v) is 3.17. The molecular weight excluding hydrogens is 352 g/mol. The summed E-state index contributed by atoms with van der Waals surface area (Å²) >= 11 is 6.24. The van der Waals surface area contributed by atoms with Gasteiger partial charge in [-0.3, -0.25) is 19.3 Å². The number of carbonyl (C=O) groups is 3. The molecule has 1 aromatic carbocycles. The van der Waals surface area contributed by atoms with Crippen LogP contribution in [0.25, 0.3) is 6.08 Å². The van der Waals surface area contributed by atoms with Gasteiger partial charge in [-0.15, -0.1) is 0 Å². The van der Waals surface area contributed by atoms with Crippen LogP contribution in [-0.2, 0) is 14.4 Å². The number of aliphatic carboxylic acids is 1. The van der Waals surface area contributed by atoms with Crippen molar-refractivity contribution < 1.29 is 24.2 Å². The van der Waals surface area contributed by atoms with Crippen molar-refractivity contribution in [2.24, 2.45) is 5.73 Å². The highest BCUT2D eigenvalue weighted by molar-refractivity contribution is 8.26. The molecule has 7 nitrogen and oxygen atoms in total. The lowest BCUT2D eigenvalue weighted by Gasteiger charge is -2.12. The number of thiocarbonyl (C=S) groups is 1. The van der Waals surface area contributed by atoms with Crippen LogP contribution in [0.2, 0.25) is 0 Å². The van der Waals surface area contributed by atoms with Crippen LogP contribution < -0.4 is 10.5 Å². The first-order valence-electron chi connectivity index (χ1n) is 6.85. The minimum atomic E-state index is -0.987. The Morgan fingerprint density at radius 3 is 2.58 bits per heavy atom. The van der Waals surface area contributed by atoms with Gasteiger partial charge in [0.1, 0.15) is 10.1 Å². The SMILES string of the molecule is NC(=O)COc1ccc(/C=C2/SC(=S)N(CCC(=O)O)C2=O)cc1. The van der Waals surface area contributed by atoms with Gasteiger partial charge in [-0.1, -0.05) is 36.1 Å². The Morgan fingerprint density at radius 1 is 1.33 bits per heavy atom. The zero-order chi connectivity index (χ0) is 17.7. The van der Waals surface area contributed by atoms with Crippen LogP contribution in [-0.4, -0.2) is 45.3 Å². The fraction of sp³-hybridized carbons (Fsp3) is 0.200. The molecule has 0 bridgehead atoms. The number of hydrogen-bond acceptors (Lipinski definition) is 6. The number of amides is 2. The Labute approximate surface area is 147 Å². The molecule has 3 N–H and O–H groups in total. The molecule has 0 aromatic heterocycles. The van der Waals surface area contributed by atoms with Gasteiger partial charge in [-0.05, 0) is 23.8 Å². The second kappa shape index (κ2) is 7.93. The minimum Gasteiger partial charge on any atom is -0.484 e. The predicted molar refractivity (Wildman–Crippen MR) is 93.3 cm³/mol. The predicted octanol–water partition coefficient (Wildman–Crippen LogP) is 1.23. The number of rotatable bonds is 7. The summed E-state index contributed by atoms with van der Waals surface area (Å²) in [5, 5.41) is 8.71. The van der Waals surface area contributed by atoms with Crippen molar-refractivity contribution in [3.63, 3.8) is 0 Å². The van der Waals surface area contributed by atoms with Crippen molar-refractivity contribution in [3.8, 4) is 5.75 Å². The van der Waals surface area contributed by atoms with Gasteiger partial charge >= 0.3 is 5.97 Å². The topological polar surface area (TPSA) is 110 Å². The van der Waals surface area contributed by atoms with Crippen molar-refractivity contribution in [3.05, 3.63) is 34.7 Å². The van der Waals surface area contributed by atoms with E-state index in [0.29, 0.717) is 15.0 Å². The zero-order valence-electron chi connectivity index (χ0n) is 12.4. The van der Waals surface area contributed by atoms with E-state index in [9.17, 15) is 14.4 Å². The average molecular weight is 366 g/mol. The van der Waals surface area contributed by atoms with Gasteiger partial charge in [0.15, 0.2) is 6.61 Å². The summed E-state index contributed by atoms with van der Waals surface area (Å²) in [5.74, 6) is -1.37. The molecule has 2 rings (SSSR count). The van der Waals surface area contributed by atoms with E-state index >= 15 is 0 Å². The van der Waals surface area contributed by atoms with E-state index in [1.54, 1.807) is 30.3 Å². The van der Waals surface area contributed by atoms with E-state index in [0.717, 1.165) is 17.3 Å². The molecule has 1 saturated heterocycles. The van der Waals surface area contributed by atoms with Gasteiger partial charge in [0, 0.05) is 6.54 Å². The maximum absolute atomic E-state index is 12.3. The van der Waals surface area contributed by atoms with E-state index in [1.807, 2.05) is 0 Å². The molecule has 1 aliphatic heterocycles. The molecule has 1 heterocycles. The number of benzene rings is 1. The summed E-state index contributed by atoms with van der Waals surface area (Å²) in [5.41, 5.74) is 5.75. The Bertz CT molecular complexity index is 715. The van der Waals surface area contributed by atoms with Gasteiger partial charge in [-0.25, -0.2) is 0 Å². The Morgan fingerprint density at radius 2 is 2.00 bits per heavy atom. The molecule has 0 saturated carbocycles.